The van der Waals surface area contributed by atoms with Crippen LogP contribution in [0, 0.1) is 0 Å². The van der Waals surface area contributed by atoms with Crippen molar-refractivity contribution in [2.24, 2.45) is 0 Å². The average molecular weight is 389 g/mol. The molecule has 0 radical (unpaired) electrons. The van der Waals surface area contributed by atoms with E-state index in [9.17, 15) is 19.5 Å². The highest BCUT2D eigenvalue weighted by molar-refractivity contribution is 5.90. The minimum Gasteiger partial charge on any atom is -0.459 e. The zero-order valence-corrected chi connectivity index (χ0v) is 15.7. The predicted octanol–water partition coefficient (Wildman–Crippen LogP) is 3.10. The third-order valence-electron chi connectivity index (χ3n) is 4.77. The van der Waals surface area contributed by atoms with Crippen LogP contribution in [-0.4, -0.2) is 29.4 Å². The Hall–Kier alpha value is -2.87. The van der Waals surface area contributed by atoms with E-state index in [4.69, 9.17) is 13.9 Å². The lowest BCUT2D eigenvalue weighted by Gasteiger charge is -2.29. The molecule has 0 unspecified atom stereocenters. The topological polar surface area (TPSA) is 115 Å². The second kappa shape index (κ2) is 8.43. The quantitative estimate of drug-likeness (QED) is 0.596. The number of hydrogen-bond donors (Lipinski definition) is 2. The third-order valence-corrected chi connectivity index (χ3v) is 4.77. The van der Waals surface area contributed by atoms with E-state index in [1.54, 1.807) is 19.1 Å². The van der Waals surface area contributed by atoms with E-state index >= 15 is 0 Å². The van der Waals surface area contributed by atoms with Gasteiger partial charge in [0.25, 0.3) is 0 Å². The number of carbonyl (C=O) groups is 2. The number of carbonyl (C=O) groups excluding carboxylic acids is 2. The molecule has 0 saturated heterocycles. The van der Waals surface area contributed by atoms with Crippen LogP contribution in [0.1, 0.15) is 44.6 Å². The first-order valence-electron chi connectivity index (χ1n) is 9.31. The van der Waals surface area contributed by atoms with E-state index in [0.717, 1.165) is 19.3 Å². The van der Waals surface area contributed by atoms with Gasteiger partial charge in [-0.25, -0.2) is 14.4 Å². The Balaban J connectivity index is 1.78. The van der Waals surface area contributed by atoms with Crippen molar-refractivity contribution < 1.29 is 28.6 Å². The van der Waals surface area contributed by atoms with Gasteiger partial charge in [-0.1, -0.05) is 6.42 Å². The van der Waals surface area contributed by atoms with Gasteiger partial charge in [0.2, 0.25) is 0 Å². The van der Waals surface area contributed by atoms with E-state index in [1.807, 2.05) is 0 Å². The number of amides is 1. The van der Waals surface area contributed by atoms with Crippen LogP contribution in [0.25, 0.3) is 11.0 Å². The van der Waals surface area contributed by atoms with E-state index in [1.165, 1.54) is 12.1 Å². The number of benzene rings is 1. The zero-order chi connectivity index (χ0) is 20.1. The molecule has 2 aromatic rings. The molecular formula is C20H23NO7. The number of ether oxygens (including phenoxy) is 2. The van der Waals surface area contributed by atoms with Gasteiger partial charge >= 0.3 is 17.7 Å². The first-order chi connectivity index (χ1) is 13.4. The maximum Gasteiger partial charge on any atom is 0.411 e. The zero-order valence-electron chi connectivity index (χ0n) is 15.7. The van der Waals surface area contributed by atoms with Crippen LogP contribution >= 0.6 is 0 Å². The van der Waals surface area contributed by atoms with Crippen molar-refractivity contribution in [2.75, 3.05) is 11.9 Å². The fraction of sp³-hybridized carbons (Fsp3) is 0.450. The molecule has 0 spiro atoms. The lowest BCUT2D eigenvalue weighted by molar-refractivity contribution is -0.170. The Morgan fingerprint density at radius 2 is 1.93 bits per heavy atom. The van der Waals surface area contributed by atoms with Crippen molar-refractivity contribution in [2.45, 2.75) is 51.2 Å². The molecule has 1 saturated carbocycles. The van der Waals surface area contributed by atoms with Gasteiger partial charge in [-0.3, -0.25) is 5.32 Å². The van der Waals surface area contributed by atoms with Crippen LogP contribution < -0.4 is 10.9 Å². The molecule has 1 heterocycles. The molecule has 1 aromatic heterocycles. The second-order valence-corrected chi connectivity index (χ2v) is 6.82. The number of fused-ring (bicyclic) bond motifs is 1. The number of hydrogen-bond acceptors (Lipinski definition) is 7. The number of nitrogens with one attached hydrogen (secondary N) is 1. The summed E-state index contributed by atoms with van der Waals surface area (Å²) in [6.07, 6.45) is 2.69. The van der Waals surface area contributed by atoms with E-state index < -0.39 is 23.3 Å². The molecule has 2 N–H and O–H groups in total. The Kier molecular flexibility index (Phi) is 5.99. The highest BCUT2D eigenvalue weighted by Crippen LogP contribution is 2.30. The molecule has 1 amide bonds. The lowest BCUT2D eigenvalue weighted by atomic mass is 9.85. The molecule has 0 atom stereocenters. The lowest BCUT2D eigenvalue weighted by Crippen LogP contribution is -2.41. The van der Waals surface area contributed by atoms with Crippen LogP contribution in [0.15, 0.2) is 33.5 Å². The Labute approximate surface area is 161 Å². The summed E-state index contributed by atoms with van der Waals surface area (Å²) in [5, 5.41) is 13.5. The fourth-order valence-electron chi connectivity index (χ4n) is 3.33. The Morgan fingerprint density at radius 1 is 1.18 bits per heavy atom. The van der Waals surface area contributed by atoms with Crippen molar-refractivity contribution in [1.29, 1.82) is 0 Å². The van der Waals surface area contributed by atoms with Gasteiger partial charge in [-0.15, -0.1) is 0 Å². The van der Waals surface area contributed by atoms with Gasteiger partial charge in [0.05, 0.1) is 6.61 Å². The number of anilines is 1. The third kappa shape index (κ3) is 4.51. The van der Waals surface area contributed by atoms with Gasteiger partial charge in [0.15, 0.2) is 5.60 Å². The predicted molar refractivity (Wildman–Crippen MR) is 101 cm³/mol. The van der Waals surface area contributed by atoms with Crippen LogP contribution in [-0.2, 0) is 20.9 Å². The van der Waals surface area contributed by atoms with E-state index in [2.05, 4.69) is 5.32 Å². The second-order valence-electron chi connectivity index (χ2n) is 6.82. The van der Waals surface area contributed by atoms with Gasteiger partial charge in [0, 0.05) is 28.8 Å². The summed E-state index contributed by atoms with van der Waals surface area (Å²) in [7, 11) is 0. The molecule has 1 aliphatic rings. The minimum atomic E-state index is -1.45. The van der Waals surface area contributed by atoms with Crippen molar-refractivity contribution in [1.82, 2.24) is 0 Å². The van der Waals surface area contributed by atoms with Crippen LogP contribution in [0.4, 0.5) is 10.5 Å². The SMILES string of the molecule is CCOC(=O)Nc1ccc2c(COC(=O)C3(O)CCCCC3)cc(=O)oc2c1. The van der Waals surface area contributed by atoms with Crippen LogP contribution in [0.2, 0.25) is 0 Å². The molecule has 28 heavy (non-hydrogen) atoms. The number of esters is 1. The highest BCUT2D eigenvalue weighted by Gasteiger charge is 2.38. The number of rotatable bonds is 5. The molecule has 8 heteroatoms. The summed E-state index contributed by atoms with van der Waals surface area (Å²) in [5.41, 5.74) is -0.960. The standard InChI is InChI=1S/C20H23NO7/c1-2-26-19(24)21-14-6-7-15-13(10-17(22)28-16(15)11-14)12-27-18(23)20(25)8-4-3-5-9-20/h6-7,10-11,25H,2-5,8-9,12H2,1H3,(H,21,24). The Bertz CT molecular complexity index is 928. The summed E-state index contributed by atoms with van der Waals surface area (Å²) < 4.78 is 15.3. The first-order valence-corrected chi connectivity index (χ1v) is 9.31. The largest absolute Gasteiger partial charge is 0.459 e. The normalized spacial score (nSPS) is 15.8. The summed E-state index contributed by atoms with van der Waals surface area (Å²) in [6.45, 7) is 1.76. The maximum atomic E-state index is 12.3. The molecular weight excluding hydrogens is 366 g/mol. The summed E-state index contributed by atoms with van der Waals surface area (Å²) in [6, 6.07) is 6.02. The van der Waals surface area contributed by atoms with Crippen molar-refractivity contribution in [3.8, 4) is 0 Å². The smallest absolute Gasteiger partial charge is 0.411 e. The minimum absolute atomic E-state index is 0.159. The van der Waals surface area contributed by atoms with Crippen molar-refractivity contribution in [3.05, 3.63) is 40.2 Å². The van der Waals surface area contributed by atoms with Crippen molar-refractivity contribution in [3.63, 3.8) is 0 Å². The molecule has 0 aliphatic heterocycles. The van der Waals surface area contributed by atoms with Crippen LogP contribution in [0.3, 0.4) is 0 Å². The molecule has 1 aromatic carbocycles. The first kappa shape index (κ1) is 19.9. The fourth-order valence-corrected chi connectivity index (χ4v) is 3.33. The monoisotopic (exact) mass is 389 g/mol. The molecule has 1 aliphatic carbocycles. The molecule has 150 valence electrons. The van der Waals surface area contributed by atoms with Gasteiger partial charge in [0.1, 0.15) is 12.2 Å². The van der Waals surface area contributed by atoms with Crippen LogP contribution in [0.5, 0.6) is 0 Å². The van der Waals surface area contributed by atoms with Gasteiger partial charge < -0.3 is 19.0 Å². The van der Waals surface area contributed by atoms with Gasteiger partial charge in [-0.2, -0.15) is 0 Å². The average Bonchev–Trinajstić information content (AvgIpc) is 2.66. The highest BCUT2D eigenvalue weighted by atomic mass is 16.6. The summed E-state index contributed by atoms with van der Waals surface area (Å²) in [5.74, 6) is -0.672. The summed E-state index contributed by atoms with van der Waals surface area (Å²) >= 11 is 0. The van der Waals surface area contributed by atoms with Crippen molar-refractivity contribution >= 4 is 28.7 Å². The maximum absolute atomic E-state index is 12.3. The van der Waals surface area contributed by atoms with E-state index in [-0.39, 0.29) is 18.8 Å². The van der Waals surface area contributed by atoms with E-state index in [0.29, 0.717) is 29.5 Å². The summed E-state index contributed by atoms with van der Waals surface area (Å²) in [4.78, 5) is 35.7. The molecule has 0 bridgehead atoms. The molecule has 8 nitrogen and oxygen atoms in total. The molecule has 3 rings (SSSR count). The van der Waals surface area contributed by atoms with Gasteiger partial charge in [-0.05, 0) is 44.7 Å². The molecule has 1 fully saturated rings. The Morgan fingerprint density at radius 3 is 2.64 bits per heavy atom. The number of aliphatic hydroxyl groups is 1.